The molecule has 0 bridgehead atoms. The average Bonchev–Trinajstić information content (AvgIpc) is 3.09. The van der Waals surface area contributed by atoms with Crippen LogP contribution in [-0.4, -0.2) is 24.1 Å². The highest BCUT2D eigenvalue weighted by Gasteiger charge is 2.14. The summed E-state index contributed by atoms with van der Waals surface area (Å²) >= 11 is 17.1. The number of anilines is 2. The van der Waals surface area contributed by atoms with Gasteiger partial charge in [0, 0.05) is 29.5 Å². The van der Waals surface area contributed by atoms with Gasteiger partial charge in [0.25, 0.3) is 5.91 Å². The van der Waals surface area contributed by atoms with Gasteiger partial charge >= 0.3 is 0 Å². The van der Waals surface area contributed by atoms with Crippen LogP contribution in [0.5, 0.6) is 0 Å². The van der Waals surface area contributed by atoms with E-state index in [1.807, 2.05) is 24.3 Å². The molecular weight excluding hydrogens is 377 g/mol. The average molecular weight is 394 g/mol. The zero-order valence-corrected chi connectivity index (χ0v) is 15.7. The van der Waals surface area contributed by atoms with Crippen molar-refractivity contribution in [2.45, 2.75) is 12.8 Å². The van der Waals surface area contributed by atoms with Crippen LogP contribution in [0, 0.1) is 0 Å². The zero-order chi connectivity index (χ0) is 17.8. The van der Waals surface area contributed by atoms with Crippen molar-refractivity contribution in [1.29, 1.82) is 0 Å². The summed E-state index contributed by atoms with van der Waals surface area (Å²) in [6.07, 6.45) is 2.48. The number of hydrogen-bond acceptors (Lipinski definition) is 3. The van der Waals surface area contributed by atoms with E-state index in [9.17, 15) is 4.79 Å². The van der Waals surface area contributed by atoms with E-state index in [2.05, 4.69) is 15.5 Å². The van der Waals surface area contributed by atoms with E-state index in [0.29, 0.717) is 10.6 Å². The molecule has 0 saturated carbocycles. The first-order valence-electron chi connectivity index (χ1n) is 7.95. The molecule has 1 saturated heterocycles. The summed E-state index contributed by atoms with van der Waals surface area (Å²) in [7, 11) is 0. The molecule has 2 N–H and O–H groups in total. The molecule has 1 aliphatic rings. The zero-order valence-electron chi connectivity index (χ0n) is 13.4. The maximum Gasteiger partial charge on any atom is 0.258 e. The third kappa shape index (κ3) is 4.63. The number of benzene rings is 2. The molecule has 0 atom stereocenters. The van der Waals surface area contributed by atoms with E-state index in [0.717, 1.165) is 18.8 Å². The van der Waals surface area contributed by atoms with E-state index in [1.165, 1.54) is 24.6 Å². The van der Waals surface area contributed by atoms with Crippen molar-refractivity contribution in [2.24, 2.45) is 0 Å². The number of carbonyl (C=O) groups excluding carboxylic acids is 1. The Morgan fingerprint density at radius 3 is 2.36 bits per heavy atom. The fraction of sp³-hybridized carbons (Fsp3) is 0.222. The molecule has 1 amide bonds. The number of halogens is 2. The van der Waals surface area contributed by atoms with Crippen LogP contribution in [0.25, 0.3) is 0 Å². The molecule has 4 nitrogen and oxygen atoms in total. The number of rotatable bonds is 3. The van der Waals surface area contributed by atoms with E-state index in [1.54, 1.807) is 12.1 Å². The van der Waals surface area contributed by atoms with Crippen LogP contribution in [0.3, 0.4) is 0 Å². The lowest BCUT2D eigenvalue weighted by Crippen LogP contribution is -2.34. The lowest BCUT2D eigenvalue weighted by molar-refractivity contribution is 0.0978. The molecule has 0 spiro atoms. The summed E-state index contributed by atoms with van der Waals surface area (Å²) in [6, 6.07) is 12.7. The molecule has 0 unspecified atom stereocenters. The van der Waals surface area contributed by atoms with Crippen LogP contribution in [0.15, 0.2) is 42.5 Å². The van der Waals surface area contributed by atoms with Crippen LogP contribution in [-0.2, 0) is 0 Å². The van der Waals surface area contributed by atoms with Crippen LogP contribution >= 0.6 is 35.4 Å². The molecule has 0 aliphatic carbocycles. The molecule has 3 rings (SSSR count). The van der Waals surface area contributed by atoms with Crippen molar-refractivity contribution >= 4 is 57.8 Å². The molecule has 1 heterocycles. The van der Waals surface area contributed by atoms with Crippen LogP contribution < -0.4 is 15.5 Å². The Morgan fingerprint density at radius 1 is 1.04 bits per heavy atom. The van der Waals surface area contributed by atoms with Gasteiger partial charge in [-0.05, 0) is 67.5 Å². The highest BCUT2D eigenvalue weighted by molar-refractivity contribution is 7.80. The van der Waals surface area contributed by atoms with Crippen molar-refractivity contribution in [3.05, 3.63) is 58.1 Å². The highest BCUT2D eigenvalue weighted by Crippen LogP contribution is 2.22. The van der Waals surface area contributed by atoms with Gasteiger partial charge in [0.1, 0.15) is 0 Å². The molecule has 0 radical (unpaired) electrons. The van der Waals surface area contributed by atoms with Gasteiger partial charge in [-0.15, -0.1) is 0 Å². The van der Waals surface area contributed by atoms with Crippen molar-refractivity contribution in [1.82, 2.24) is 5.32 Å². The Hall–Kier alpha value is -1.82. The summed E-state index contributed by atoms with van der Waals surface area (Å²) in [5.74, 6) is -0.382. The maximum atomic E-state index is 12.2. The molecule has 2 aromatic rings. The summed E-state index contributed by atoms with van der Waals surface area (Å²) in [6.45, 7) is 2.20. The molecule has 25 heavy (non-hydrogen) atoms. The standard InChI is InChI=1S/C18H17Cl2N3OS/c19-12-3-8-15(16(20)11-12)17(24)22-18(25)21-13-4-6-14(7-5-13)23-9-1-2-10-23/h3-8,11H,1-2,9-10H2,(H2,21,22,24,25). The molecule has 7 heteroatoms. The largest absolute Gasteiger partial charge is 0.372 e. The van der Waals surface area contributed by atoms with E-state index < -0.39 is 0 Å². The van der Waals surface area contributed by atoms with Crippen molar-refractivity contribution in [2.75, 3.05) is 23.3 Å². The molecule has 130 valence electrons. The Bertz CT molecular complexity index is 789. The summed E-state index contributed by atoms with van der Waals surface area (Å²) in [5.41, 5.74) is 2.33. The lowest BCUT2D eigenvalue weighted by atomic mass is 10.2. The monoisotopic (exact) mass is 393 g/mol. The van der Waals surface area contributed by atoms with Crippen LogP contribution in [0.4, 0.5) is 11.4 Å². The summed E-state index contributed by atoms with van der Waals surface area (Å²) < 4.78 is 0. The fourth-order valence-electron chi connectivity index (χ4n) is 2.74. The number of nitrogens with one attached hydrogen (secondary N) is 2. The number of thiocarbonyl (C=S) groups is 1. The first kappa shape index (κ1) is 18.0. The van der Waals surface area contributed by atoms with Gasteiger partial charge in [-0.2, -0.15) is 0 Å². The predicted molar refractivity (Wildman–Crippen MR) is 108 cm³/mol. The Labute approximate surface area is 162 Å². The second-order valence-electron chi connectivity index (χ2n) is 5.77. The molecule has 1 fully saturated rings. The van der Waals surface area contributed by atoms with Crippen LogP contribution in [0.1, 0.15) is 23.2 Å². The van der Waals surface area contributed by atoms with Gasteiger partial charge in [0.05, 0.1) is 10.6 Å². The molecule has 2 aromatic carbocycles. The number of hydrogen-bond donors (Lipinski definition) is 2. The minimum absolute atomic E-state index is 0.213. The first-order chi connectivity index (χ1) is 12.0. The van der Waals surface area contributed by atoms with E-state index >= 15 is 0 Å². The quantitative estimate of drug-likeness (QED) is 0.740. The number of carbonyl (C=O) groups is 1. The molecular formula is C18H17Cl2N3OS. The van der Waals surface area contributed by atoms with Gasteiger partial charge in [0.15, 0.2) is 5.11 Å². The van der Waals surface area contributed by atoms with Crippen molar-refractivity contribution < 1.29 is 4.79 Å². The number of nitrogens with zero attached hydrogens (tertiary/aromatic N) is 1. The second kappa shape index (κ2) is 8.04. The third-order valence-electron chi connectivity index (χ3n) is 4.00. The first-order valence-corrected chi connectivity index (χ1v) is 9.12. The van der Waals surface area contributed by atoms with Gasteiger partial charge in [-0.25, -0.2) is 0 Å². The van der Waals surface area contributed by atoms with Crippen LogP contribution in [0.2, 0.25) is 10.0 Å². The van der Waals surface area contributed by atoms with Crippen molar-refractivity contribution in [3.8, 4) is 0 Å². The SMILES string of the molecule is O=C(NC(=S)Nc1ccc(N2CCCC2)cc1)c1ccc(Cl)cc1Cl. The lowest BCUT2D eigenvalue weighted by Gasteiger charge is -2.18. The smallest absolute Gasteiger partial charge is 0.258 e. The minimum atomic E-state index is -0.382. The Morgan fingerprint density at radius 2 is 1.72 bits per heavy atom. The van der Waals surface area contributed by atoms with E-state index in [4.69, 9.17) is 35.4 Å². The van der Waals surface area contributed by atoms with E-state index in [-0.39, 0.29) is 16.0 Å². The molecule has 0 aromatic heterocycles. The highest BCUT2D eigenvalue weighted by atomic mass is 35.5. The predicted octanol–water partition coefficient (Wildman–Crippen LogP) is 4.72. The van der Waals surface area contributed by atoms with Gasteiger partial charge in [-0.3, -0.25) is 10.1 Å². The normalized spacial score (nSPS) is 13.6. The third-order valence-corrected chi connectivity index (χ3v) is 4.75. The minimum Gasteiger partial charge on any atom is -0.372 e. The maximum absolute atomic E-state index is 12.2. The summed E-state index contributed by atoms with van der Waals surface area (Å²) in [4.78, 5) is 14.6. The Balaban J connectivity index is 1.59. The number of amides is 1. The van der Waals surface area contributed by atoms with Gasteiger partial charge in [-0.1, -0.05) is 23.2 Å². The van der Waals surface area contributed by atoms with Gasteiger partial charge in [0.2, 0.25) is 0 Å². The Kier molecular flexibility index (Phi) is 5.78. The fourth-order valence-corrected chi connectivity index (χ4v) is 3.44. The second-order valence-corrected chi connectivity index (χ2v) is 7.03. The summed E-state index contributed by atoms with van der Waals surface area (Å²) in [5, 5.41) is 6.59. The van der Waals surface area contributed by atoms with Crippen molar-refractivity contribution in [3.63, 3.8) is 0 Å². The topological polar surface area (TPSA) is 44.4 Å². The molecule has 1 aliphatic heterocycles. The van der Waals surface area contributed by atoms with Gasteiger partial charge < -0.3 is 10.2 Å².